The molecule has 32 heavy (non-hydrogen) atoms. The van der Waals surface area contributed by atoms with Crippen LogP contribution in [0.15, 0.2) is 55.1 Å². The topological polar surface area (TPSA) is 92.7 Å². The van der Waals surface area contributed by atoms with Gasteiger partial charge in [0.05, 0.1) is 23.2 Å². The molecule has 0 atom stereocenters. The predicted octanol–water partition coefficient (Wildman–Crippen LogP) is 4.59. The van der Waals surface area contributed by atoms with Crippen molar-refractivity contribution in [2.45, 2.75) is 19.0 Å². The fourth-order valence-corrected chi connectivity index (χ4v) is 5.02. The van der Waals surface area contributed by atoms with E-state index in [9.17, 15) is 21.6 Å². The highest BCUT2D eigenvalue weighted by Gasteiger charge is 2.31. The third kappa shape index (κ3) is 4.20. The van der Waals surface area contributed by atoms with E-state index >= 15 is 0 Å². The van der Waals surface area contributed by atoms with Crippen LogP contribution in [0.25, 0.3) is 27.8 Å². The summed E-state index contributed by atoms with van der Waals surface area (Å²) in [5.41, 5.74) is 1.90. The molecule has 0 saturated heterocycles. The van der Waals surface area contributed by atoms with Crippen molar-refractivity contribution < 1.29 is 21.6 Å². The maximum Gasteiger partial charge on any atom is 0.417 e. The summed E-state index contributed by atoms with van der Waals surface area (Å²) >= 11 is 0. The minimum Gasteiger partial charge on any atom is -0.359 e. The zero-order chi connectivity index (χ0) is 22.5. The summed E-state index contributed by atoms with van der Waals surface area (Å²) in [6.07, 6.45) is 3.04. The van der Waals surface area contributed by atoms with E-state index in [0.29, 0.717) is 16.6 Å². The molecule has 1 saturated carbocycles. The zero-order valence-electron chi connectivity index (χ0n) is 16.6. The molecule has 0 unspecified atom stereocenters. The molecule has 1 aliphatic rings. The summed E-state index contributed by atoms with van der Waals surface area (Å²) in [7, 11) is -3.43. The van der Waals surface area contributed by atoms with Crippen molar-refractivity contribution in [2.24, 2.45) is 5.92 Å². The molecule has 0 bridgehead atoms. The van der Waals surface area contributed by atoms with Crippen LogP contribution in [0.5, 0.6) is 0 Å². The second-order valence-electron chi connectivity index (χ2n) is 7.87. The third-order valence-corrected chi connectivity index (χ3v) is 6.77. The molecular formula is C21H18F3N5O2S. The molecule has 1 aliphatic carbocycles. The Morgan fingerprint density at radius 3 is 2.62 bits per heavy atom. The molecule has 166 valence electrons. The molecule has 4 aromatic rings. The number of pyridine rings is 1. The minimum atomic E-state index is -4.45. The molecule has 1 fully saturated rings. The molecule has 0 spiro atoms. The van der Waals surface area contributed by atoms with Crippen LogP contribution in [-0.2, 0) is 16.2 Å². The SMILES string of the molecule is O=S(=O)(CC1CC1)Nc1c[nH]c2ccc(-c3cnn(-c4ccc(C(F)(F)F)cn4)c3)cc12. The molecule has 0 aliphatic heterocycles. The normalized spacial score (nSPS) is 14.7. The van der Waals surface area contributed by atoms with Gasteiger partial charge in [-0.15, -0.1) is 0 Å². The maximum absolute atomic E-state index is 12.7. The highest BCUT2D eigenvalue weighted by Crippen LogP contribution is 2.33. The van der Waals surface area contributed by atoms with Crippen molar-refractivity contribution in [1.29, 1.82) is 0 Å². The van der Waals surface area contributed by atoms with Crippen LogP contribution in [0.2, 0.25) is 0 Å². The Morgan fingerprint density at radius 2 is 1.94 bits per heavy atom. The quantitative estimate of drug-likeness (QED) is 0.439. The number of fused-ring (bicyclic) bond motifs is 1. The van der Waals surface area contributed by atoms with Gasteiger partial charge in [0.1, 0.15) is 0 Å². The van der Waals surface area contributed by atoms with Crippen molar-refractivity contribution in [2.75, 3.05) is 10.5 Å². The van der Waals surface area contributed by atoms with Gasteiger partial charge in [0, 0.05) is 35.1 Å². The van der Waals surface area contributed by atoms with E-state index in [1.54, 1.807) is 18.6 Å². The number of aromatic amines is 1. The number of benzene rings is 1. The van der Waals surface area contributed by atoms with E-state index in [1.807, 2.05) is 18.2 Å². The Morgan fingerprint density at radius 1 is 1.12 bits per heavy atom. The van der Waals surface area contributed by atoms with Crippen LogP contribution in [-0.4, -0.2) is 33.9 Å². The van der Waals surface area contributed by atoms with Gasteiger partial charge in [0.2, 0.25) is 10.0 Å². The average molecular weight is 461 g/mol. The molecule has 0 amide bonds. The number of nitrogens with one attached hydrogen (secondary N) is 2. The molecule has 3 aromatic heterocycles. The number of anilines is 1. The van der Waals surface area contributed by atoms with Gasteiger partial charge in [-0.05, 0) is 48.6 Å². The number of hydrogen-bond donors (Lipinski definition) is 2. The van der Waals surface area contributed by atoms with Gasteiger partial charge in [-0.1, -0.05) is 6.07 Å². The second-order valence-corrected chi connectivity index (χ2v) is 9.63. The van der Waals surface area contributed by atoms with Gasteiger partial charge in [-0.2, -0.15) is 18.3 Å². The van der Waals surface area contributed by atoms with Crippen molar-refractivity contribution in [3.05, 3.63) is 60.7 Å². The Balaban J connectivity index is 1.42. The highest BCUT2D eigenvalue weighted by atomic mass is 32.2. The smallest absolute Gasteiger partial charge is 0.359 e. The van der Waals surface area contributed by atoms with Crippen LogP contribution >= 0.6 is 0 Å². The van der Waals surface area contributed by atoms with Crippen molar-refractivity contribution in [3.63, 3.8) is 0 Å². The van der Waals surface area contributed by atoms with Crippen LogP contribution in [0, 0.1) is 5.92 Å². The van der Waals surface area contributed by atoms with Gasteiger partial charge in [-0.25, -0.2) is 18.1 Å². The number of hydrogen-bond acceptors (Lipinski definition) is 4. The molecule has 11 heteroatoms. The Bertz CT molecular complexity index is 1390. The second kappa shape index (κ2) is 7.37. The number of H-pyrrole nitrogens is 1. The van der Waals surface area contributed by atoms with Gasteiger partial charge < -0.3 is 4.98 Å². The molecule has 7 nitrogen and oxygen atoms in total. The predicted molar refractivity (Wildman–Crippen MR) is 114 cm³/mol. The summed E-state index contributed by atoms with van der Waals surface area (Å²) in [6, 6.07) is 7.72. The minimum absolute atomic E-state index is 0.117. The molecule has 1 aromatic carbocycles. The lowest BCUT2D eigenvalue weighted by Gasteiger charge is -2.07. The molecule has 0 radical (unpaired) electrons. The largest absolute Gasteiger partial charge is 0.417 e. The van der Waals surface area contributed by atoms with Crippen LogP contribution in [0.1, 0.15) is 18.4 Å². The molecule has 2 N–H and O–H groups in total. The first kappa shape index (κ1) is 20.6. The van der Waals surface area contributed by atoms with Crippen molar-refractivity contribution in [3.8, 4) is 16.9 Å². The monoisotopic (exact) mass is 461 g/mol. The summed E-state index contributed by atoms with van der Waals surface area (Å²) in [5, 5.41) is 4.91. The summed E-state index contributed by atoms with van der Waals surface area (Å²) < 4.78 is 67.0. The zero-order valence-corrected chi connectivity index (χ0v) is 17.4. The first-order valence-corrected chi connectivity index (χ1v) is 11.5. The number of alkyl halides is 3. The fourth-order valence-electron chi connectivity index (χ4n) is 3.48. The van der Waals surface area contributed by atoms with Crippen LogP contribution in [0.3, 0.4) is 0 Å². The Hall–Kier alpha value is -3.34. The fraction of sp³-hybridized carbons (Fsp3) is 0.238. The van der Waals surface area contributed by atoms with E-state index in [1.165, 1.54) is 10.7 Å². The average Bonchev–Trinajstić information content (AvgIpc) is 3.25. The highest BCUT2D eigenvalue weighted by molar-refractivity contribution is 7.92. The Labute approximate surface area is 181 Å². The van der Waals surface area contributed by atoms with E-state index in [2.05, 4.69) is 19.8 Å². The van der Waals surface area contributed by atoms with Gasteiger partial charge >= 0.3 is 6.18 Å². The van der Waals surface area contributed by atoms with E-state index < -0.39 is 21.8 Å². The molecule has 3 heterocycles. The van der Waals surface area contributed by atoms with Crippen molar-refractivity contribution >= 4 is 26.6 Å². The Kier molecular flexibility index (Phi) is 4.73. The van der Waals surface area contributed by atoms with Crippen LogP contribution in [0.4, 0.5) is 18.9 Å². The summed E-state index contributed by atoms with van der Waals surface area (Å²) in [6.45, 7) is 0. The first-order valence-electron chi connectivity index (χ1n) is 9.88. The molecule has 5 rings (SSSR count). The van der Waals surface area contributed by atoms with Gasteiger partial charge in [0.25, 0.3) is 0 Å². The number of nitrogens with zero attached hydrogens (tertiary/aromatic N) is 3. The van der Waals surface area contributed by atoms with Gasteiger partial charge in [0.15, 0.2) is 5.82 Å². The van der Waals surface area contributed by atoms with Crippen molar-refractivity contribution in [1.82, 2.24) is 19.7 Å². The number of rotatable bonds is 6. The lowest BCUT2D eigenvalue weighted by atomic mass is 10.1. The summed E-state index contributed by atoms with van der Waals surface area (Å²) in [5.74, 6) is 0.602. The lowest BCUT2D eigenvalue weighted by Crippen LogP contribution is -2.17. The first-order chi connectivity index (χ1) is 15.2. The van der Waals surface area contributed by atoms with Gasteiger partial charge in [-0.3, -0.25) is 4.72 Å². The number of sulfonamides is 1. The molecular weight excluding hydrogens is 443 g/mol. The van der Waals surface area contributed by atoms with E-state index in [-0.39, 0.29) is 17.5 Å². The third-order valence-electron chi connectivity index (χ3n) is 5.33. The van der Waals surface area contributed by atoms with Crippen LogP contribution < -0.4 is 4.72 Å². The number of aromatic nitrogens is 4. The summed E-state index contributed by atoms with van der Waals surface area (Å²) in [4.78, 5) is 6.90. The number of halogens is 3. The van der Waals surface area contributed by atoms with E-state index in [0.717, 1.165) is 36.2 Å². The standard InChI is InChI=1S/C21H18F3N5O2S/c22-21(23,24)16-4-6-20(26-9-16)29-11-15(8-27-29)14-3-5-18-17(7-14)19(10-25-18)28-32(30,31)12-13-1-2-13/h3-11,13,25,28H,1-2,12H2. The van der Waals surface area contributed by atoms with E-state index in [4.69, 9.17) is 0 Å². The lowest BCUT2D eigenvalue weighted by molar-refractivity contribution is -0.137. The maximum atomic E-state index is 12.7.